The number of aromatic nitrogens is 20. The van der Waals surface area contributed by atoms with E-state index in [1.165, 1.54) is 40.8 Å². The first-order valence-corrected chi connectivity index (χ1v) is 59.4. The number of nitrogens with two attached hydrogens (primary N) is 3. The minimum atomic E-state index is -1.27. The normalized spacial score (nSPS) is 25.4. The van der Waals surface area contributed by atoms with Gasteiger partial charge in [-0.15, -0.1) is 65.9 Å². The van der Waals surface area contributed by atoms with Gasteiger partial charge in [-0.2, -0.15) is 34.9 Å². The monoisotopic (exact) mass is 2020 g/mol. The van der Waals surface area contributed by atoms with Gasteiger partial charge in [0.2, 0.25) is 41.5 Å². The van der Waals surface area contributed by atoms with Gasteiger partial charge in [0.15, 0.2) is 81.4 Å². The number of unbranched alkanes of at least 4 members (excludes halogenated alkanes) is 1. The van der Waals surface area contributed by atoms with Crippen LogP contribution in [0.5, 0.6) is 11.8 Å². The van der Waals surface area contributed by atoms with E-state index in [0.29, 0.717) is 127 Å². The smallest absolute Gasteiger partial charge is 0.280 e. The third-order valence-corrected chi connectivity index (χ3v) is 29.9. The fraction of sp³-hybridized carbons (Fsp3) is 0.659. The largest absolute Gasteiger partial charge is 0.476 e. The number of H-pyrrole nitrogens is 2. The lowest BCUT2D eigenvalue weighted by Gasteiger charge is -2.18. The summed E-state index contributed by atoms with van der Waals surface area (Å²) in [7, 11) is 0. The zero-order chi connectivity index (χ0) is 96.7. The number of nitrogen functional groups attached to an aromatic ring is 3. The molecule has 10 aromatic rings. The van der Waals surface area contributed by atoms with Crippen LogP contribution in [-0.2, 0) is 23.7 Å². The van der Waals surface area contributed by atoms with Crippen LogP contribution in [0.2, 0.25) is 0 Å². The number of fused-ring (bicyclic) bond motifs is 5. The number of rotatable bonds is 32. The number of aryl methyl sites for hydroxylation is 1. The lowest BCUT2D eigenvalue weighted by Crippen LogP contribution is -2.32. The van der Waals surface area contributed by atoms with Crippen molar-refractivity contribution < 1.29 is 84.2 Å². The Hall–Kier alpha value is -8.15. The van der Waals surface area contributed by atoms with E-state index >= 15 is 0 Å². The molecule has 0 radical (unpaired) electrons. The molecule has 49 heteroatoms. The molecule has 0 aliphatic carbocycles. The number of anilines is 5. The second-order valence-electron chi connectivity index (χ2n) is 37.4. The maximum atomic E-state index is 12.3. The number of hydrogen-bond acceptors (Lipinski definition) is 37. The molecule has 5 aliphatic heterocycles. The topological polar surface area (TPSA) is 627 Å². The van der Waals surface area contributed by atoms with Crippen LogP contribution >= 0.6 is 34.4 Å². The molecule has 5 aliphatic rings. The Morgan fingerprint density at radius 2 is 0.628 bits per heavy atom. The Morgan fingerprint density at radius 1 is 0.365 bits per heavy atom. The summed E-state index contributed by atoms with van der Waals surface area (Å²) in [6.07, 6.45) is 22.4. The van der Waals surface area contributed by atoms with Gasteiger partial charge in [-0.25, -0.2) is 29.9 Å². The molecular formula is C88H156N25O19P5. The summed E-state index contributed by atoms with van der Waals surface area (Å²) in [5, 5.41) is 111. The van der Waals surface area contributed by atoms with Crippen molar-refractivity contribution in [3.05, 3.63) is 58.0 Å². The second-order valence-corrected chi connectivity index (χ2v) is 58.9. The number of nitrogens with one attached hydrogen (secondary N) is 4. The first-order valence-electron chi connectivity index (χ1n) is 44.1. The molecule has 10 aromatic heterocycles. The molecule has 0 spiro atoms. The Bertz CT molecular complexity index is 5960. The third kappa shape index (κ3) is 29.3. The minimum Gasteiger partial charge on any atom is -0.476 e. The van der Waals surface area contributed by atoms with Crippen molar-refractivity contribution in [2.45, 2.75) is 252 Å². The molecule has 20 atom stereocenters. The zero-order valence-electron chi connectivity index (χ0n) is 77.9. The van der Waals surface area contributed by atoms with Crippen LogP contribution in [0, 0.1) is 6.92 Å². The first-order chi connectivity index (χ1) is 62.0. The molecule has 772 valence electrons. The molecule has 15 rings (SSSR count). The molecule has 15 heterocycles. The average Bonchev–Trinajstić information content (AvgIpc) is 1.65. The molecule has 5 saturated heterocycles. The van der Waals surface area contributed by atoms with Crippen LogP contribution in [0.3, 0.4) is 0 Å². The fourth-order valence-electron chi connectivity index (χ4n) is 15.4. The quantitative estimate of drug-likeness (QED) is 0.0153. The Labute approximate surface area is 802 Å². The summed E-state index contributed by atoms with van der Waals surface area (Å²) in [5.41, 5.74) is 20.9. The maximum absolute atomic E-state index is 12.3. The van der Waals surface area contributed by atoms with E-state index in [1.807, 2.05) is 20.8 Å². The molecular weight excluding hydrogens is 1870 g/mol. The van der Waals surface area contributed by atoms with Crippen LogP contribution in [0.15, 0.2) is 41.2 Å². The molecule has 44 nitrogen and oxygen atoms in total. The average molecular weight is 2020 g/mol. The molecule has 0 amide bonds. The zero-order valence-corrected chi connectivity index (χ0v) is 82.3. The highest BCUT2D eigenvalue weighted by Crippen LogP contribution is 2.46. The van der Waals surface area contributed by atoms with Crippen molar-refractivity contribution in [2.75, 3.05) is 152 Å². The lowest BCUT2D eigenvalue weighted by atomic mass is 10.1. The predicted molar refractivity (Wildman–Crippen MR) is 560 cm³/mol. The Morgan fingerprint density at radius 3 is 0.905 bits per heavy atom. The van der Waals surface area contributed by atoms with Crippen molar-refractivity contribution in [1.82, 2.24) is 97.6 Å². The third-order valence-electron chi connectivity index (χ3n) is 22.5. The minimum absolute atomic E-state index is 0. The van der Waals surface area contributed by atoms with Gasteiger partial charge in [-0.05, 0) is 163 Å². The van der Waals surface area contributed by atoms with Crippen molar-refractivity contribution in [3.8, 4) is 11.8 Å². The van der Waals surface area contributed by atoms with E-state index in [0.717, 1.165) is 56.5 Å². The molecule has 5 fully saturated rings. The van der Waals surface area contributed by atoms with E-state index in [2.05, 4.69) is 190 Å². The summed E-state index contributed by atoms with van der Waals surface area (Å²) >= 11 is 0. The van der Waals surface area contributed by atoms with Crippen LogP contribution in [0.1, 0.15) is 159 Å². The number of imidazole rings is 5. The second kappa shape index (κ2) is 49.5. The molecule has 0 bridgehead atoms. The fourth-order valence-corrected chi connectivity index (χ4v) is 20.1. The number of nitrogens with zero attached hydrogens (tertiary/aromatic N) is 18. The Kier molecular flexibility index (Phi) is 42.5. The highest BCUT2D eigenvalue weighted by molar-refractivity contribution is 7.73. The van der Waals surface area contributed by atoms with Crippen LogP contribution in [-0.4, -0.2) is 395 Å². The molecule has 0 saturated carbocycles. The van der Waals surface area contributed by atoms with Crippen molar-refractivity contribution in [2.24, 2.45) is 0 Å². The predicted octanol–water partition coefficient (Wildman–Crippen LogP) is 6.77. The highest BCUT2D eigenvalue weighted by atomic mass is 31.2. The summed E-state index contributed by atoms with van der Waals surface area (Å²) in [5.74, 6) is 1.48. The van der Waals surface area contributed by atoms with Crippen LogP contribution in [0.4, 0.5) is 29.7 Å². The van der Waals surface area contributed by atoms with Crippen molar-refractivity contribution >= 4 is 151 Å². The van der Waals surface area contributed by atoms with E-state index in [1.54, 1.807) is 20.6 Å². The molecule has 137 heavy (non-hydrogen) atoms. The number of ether oxygens (including phenoxy) is 7. The molecule has 0 unspecified atom stereocenters. The summed E-state index contributed by atoms with van der Waals surface area (Å²) in [4.78, 5) is 84.7. The van der Waals surface area contributed by atoms with E-state index in [9.17, 15) is 60.7 Å². The lowest BCUT2D eigenvalue weighted by molar-refractivity contribution is -0.0353. The van der Waals surface area contributed by atoms with Crippen molar-refractivity contribution in [1.29, 1.82) is 0 Å². The molecule has 0 aromatic carbocycles. The molecule has 20 N–H and O–H groups in total. The highest BCUT2D eigenvalue weighted by Gasteiger charge is 2.50. The van der Waals surface area contributed by atoms with Crippen LogP contribution < -0.4 is 48.4 Å². The Balaban J connectivity index is 0.000000261. The van der Waals surface area contributed by atoms with Crippen LogP contribution in [0.25, 0.3) is 55.8 Å². The standard InChI is InChI=1S/C18H30N5O4P.2C17H28N5O4P.C16H26N5O4P.C15H24N5O3P.5CH4/c1-5-6-8-19-18-21-15-12(16(26)22-18)20-10-23(15)17-14(25)13(24)11(27-17)7-9-28(2,3)4;1-5-7-25-15-11-14(20-17(18)21-15)22(9-19-11)16-13(24)12(23)10(26-16)6-8-27(2,3)4;1-5-7-18-17-20-14-11(15(25)21-17)19-9-22(14)16-13(24)12(23)10(26-16)6-8-27(2,3)4;1-5-24-14-10-13(19-16(17)20-14)21(8-18-10)15-12(23)11(22)9(25-15)6-7-26(2,3)4;1-8-10-13(19-15(16)18-8)20(7-17-10)14-12(22)11(21)9(23-14)5-6-24(2,3)4;;;;;/h10-11,13-14,17,24-25H,2,5-9H2,1,3-4H3,(H2,19,21,22,26);9-10,12-13,16,23-24H,2,5-8H2,1,3-4H3,(H2,18,20,21);9-10,12-13,16,23-24H,2,5-8H2,1,3-4H3,(H2,18,20,21,25);8-9,11-12,15,22-23H,2,5-7H2,1,3-4H3,(H2,17,19,20);7,9,11-12,14,21-22H,2,5-6H2,1,3-4H3,(H2,16,18,19);5*1H4/t11-,13-,14-,17-;2*10-,12-,13-,16-;9-,11-,12-,15-;9-,11-,12-,14-;;;;;/m11111...../s1. The van der Waals surface area contributed by atoms with E-state index in [4.69, 9.17) is 50.4 Å². The van der Waals surface area contributed by atoms with Gasteiger partial charge in [0.05, 0.1) is 81.1 Å². The van der Waals surface area contributed by atoms with Gasteiger partial charge in [-0.1, -0.05) is 64.3 Å². The summed E-state index contributed by atoms with van der Waals surface area (Å²) in [6.45, 7) is 26.9. The van der Waals surface area contributed by atoms with Gasteiger partial charge in [0.1, 0.15) is 66.6 Å². The van der Waals surface area contributed by atoms with E-state index < -0.39 is 157 Å². The summed E-state index contributed by atoms with van der Waals surface area (Å²) < 4.78 is 48.6. The van der Waals surface area contributed by atoms with Gasteiger partial charge in [0, 0.05) is 13.1 Å². The van der Waals surface area contributed by atoms with E-state index in [-0.39, 0.29) is 83.0 Å². The van der Waals surface area contributed by atoms with Gasteiger partial charge in [0.25, 0.3) is 11.1 Å². The van der Waals surface area contributed by atoms with Crippen molar-refractivity contribution in [3.63, 3.8) is 0 Å². The van der Waals surface area contributed by atoms with Gasteiger partial charge < -0.3 is 112 Å². The van der Waals surface area contributed by atoms with Gasteiger partial charge >= 0.3 is 0 Å². The number of aromatic amines is 2. The first kappa shape index (κ1) is 118. The SMILES string of the molecule is C.C.C.C.C.C=P(C)(C)CC[C@H]1O[C@@H](n2cnc3c(=O)[nH]c(NCCC)nc32)[C@H](O)[C@@H]1O.C=P(C)(C)CC[C@H]1O[C@@H](n2cnc3c(=O)[nH]c(NCCCC)nc32)[C@H](O)[C@@H]1O.C=P(C)(C)CC[C@H]1O[C@@H](n2cnc3c(C)nc(N)nc32)[C@H](O)[C@@H]1O.C=P(C)(C)CC[C@H]1O[C@@H](n2cnc3c(OCC)nc(N)nc32)[C@H](O)[C@@H]1O.C=P(C)(C)CC[C@H]1O[C@@H](n2cnc3c(OCCC)nc(N)nc32)[C@H](O)[C@@H]1O. The maximum Gasteiger partial charge on any atom is 0.280 e. The summed E-state index contributed by atoms with van der Waals surface area (Å²) in [6, 6.07) is 0. The number of aliphatic hydroxyl groups is 10. The van der Waals surface area contributed by atoms with Gasteiger partial charge in [-0.3, -0.25) is 42.4 Å². The number of aliphatic hydroxyl groups excluding tert-OH is 10. The number of hydrogen-bond donors (Lipinski definition) is 17.